The third-order valence-corrected chi connectivity index (χ3v) is 6.08. The van der Waals surface area contributed by atoms with Gasteiger partial charge in [-0.1, -0.05) is 35.4 Å². The molecule has 1 amide bonds. The largest absolute Gasteiger partial charge is 0.507 e. The van der Waals surface area contributed by atoms with Gasteiger partial charge < -0.3 is 14.6 Å². The average molecular weight is 479 g/mol. The summed E-state index contributed by atoms with van der Waals surface area (Å²) in [5.74, 6) is -1.39. The van der Waals surface area contributed by atoms with Crippen LogP contribution in [0.25, 0.3) is 5.76 Å². The van der Waals surface area contributed by atoms with Crippen LogP contribution in [-0.4, -0.2) is 36.0 Å². The summed E-state index contributed by atoms with van der Waals surface area (Å²) in [7, 11) is 2.88. The third-order valence-electron chi connectivity index (χ3n) is 5.79. The number of amides is 1. The smallest absolute Gasteiger partial charge is 0.300 e. The van der Waals surface area contributed by atoms with Gasteiger partial charge in [0.15, 0.2) is 0 Å². The van der Waals surface area contributed by atoms with Gasteiger partial charge in [0.2, 0.25) is 0 Å². The molecule has 2 aromatic carbocycles. The van der Waals surface area contributed by atoms with Crippen molar-refractivity contribution < 1.29 is 24.2 Å². The molecule has 1 unspecified atom stereocenters. The van der Waals surface area contributed by atoms with Crippen molar-refractivity contribution >= 4 is 34.7 Å². The number of halogens is 1. The number of aliphatic hydroxyl groups excluding tert-OH is 1. The summed E-state index contributed by atoms with van der Waals surface area (Å²) in [6.07, 6.45) is 3.16. The summed E-state index contributed by atoms with van der Waals surface area (Å²) in [5, 5.41) is 11.6. The summed E-state index contributed by atoms with van der Waals surface area (Å²) in [6.45, 7) is 3.82. The maximum absolute atomic E-state index is 13.3. The molecular weight excluding hydrogens is 456 g/mol. The molecule has 0 aliphatic carbocycles. The molecule has 0 bridgehead atoms. The molecule has 34 heavy (non-hydrogen) atoms. The monoisotopic (exact) mass is 478 g/mol. The Bertz CT molecular complexity index is 1320. The molecule has 3 aromatic rings. The van der Waals surface area contributed by atoms with Crippen molar-refractivity contribution in [2.24, 2.45) is 0 Å². The van der Waals surface area contributed by atoms with E-state index in [1.165, 1.54) is 31.3 Å². The second-order valence-corrected chi connectivity index (χ2v) is 8.34. The van der Waals surface area contributed by atoms with E-state index in [4.69, 9.17) is 21.1 Å². The van der Waals surface area contributed by atoms with Gasteiger partial charge in [-0.3, -0.25) is 19.5 Å². The molecule has 0 spiro atoms. The second-order valence-electron chi connectivity index (χ2n) is 7.93. The van der Waals surface area contributed by atoms with Crippen LogP contribution in [0.4, 0.5) is 5.69 Å². The van der Waals surface area contributed by atoms with Crippen molar-refractivity contribution in [2.75, 3.05) is 19.1 Å². The molecule has 0 saturated carbocycles. The van der Waals surface area contributed by atoms with Gasteiger partial charge in [-0.05, 0) is 43.2 Å². The maximum atomic E-state index is 13.3. The van der Waals surface area contributed by atoms with Crippen LogP contribution < -0.4 is 14.4 Å². The summed E-state index contributed by atoms with van der Waals surface area (Å²) in [5.41, 5.74) is 3.06. The van der Waals surface area contributed by atoms with Crippen molar-refractivity contribution in [1.82, 2.24) is 4.98 Å². The van der Waals surface area contributed by atoms with Crippen molar-refractivity contribution in [3.8, 4) is 11.5 Å². The van der Waals surface area contributed by atoms with Gasteiger partial charge in [-0.15, -0.1) is 0 Å². The molecule has 8 heteroatoms. The molecule has 7 nitrogen and oxygen atoms in total. The Hall–Kier alpha value is -3.84. The van der Waals surface area contributed by atoms with Crippen LogP contribution in [0.15, 0.2) is 60.4 Å². The highest BCUT2D eigenvalue weighted by Gasteiger charge is 2.47. The fourth-order valence-corrected chi connectivity index (χ4v) is 4.44. The van der Waals surface area contributed by atoms with E-state index in [0.717, 1.165) is 11.1 Å². The fraction of sp³-hybridized carbons (Fsp3) is 0.192. The lowest BCUT2D eigenvalue weighted by Crippen LogP contribution is -2.30. The minimum absolute atomic E-state index is 0.0856. The molecule has 1 fully saturated rings. The van der Waals surface area contributed by atoms with Gasteiger partial charge in [0.25, 0.3) is 11.7 Å². The zero-order chi connectivity index (χ0) is 24.6. The van der Waals surface area contributed by atoms with Crippen LogP contribution in [0.5, 0.6) is 11.5 Å². The number of aromatic nitrogens is 1. The predicted molar refractivity (Wildman–Crippen MR) is 129 cm³/mol. The van der Waals surface area contributed by atoms with Crippen LogP contribution in [-0.2, 0) is 9.59 Å². The quantitative estimate of drug-likeness (QED) is 0.315. The molecule has 1 atom stereocenters. The van der Waals surface area contributed by atoms with E-state index in [1.54, 1.807) is 30.6 Å². The van der Waals surface area contributed by atoms with E-state index in [1.807, 2.05) is 26.0 Å². The van der Waals surface area contributed by atoms with Crippen molar-refractivity contribution in [3.05, 3.63) is 87.7 Å². The lowest BCUT2D eigenvalue weighted by Gasteiger charge is -2.27. The van der Waals surface area contributed by atoms with Gasteiger partial charge in [0.1, 0.15) is 17.3 Å². The minimum atomic E-state index is -0.902. The first-order valence-corrected chi connectivity index (χ1v) is 10.9. The lowest BCUT2D eigenvalue weighted by molar-refractivity contribution is -0.132. The molecule has 174 valence electrons. The first kappa shape index (κ1) is 23.3. The summed E-state index contributed by atoms with van der Waals surface area (Å²) in [6, 6.07) is 11.1. The number of aryl methyl sites for hydroxylation is 2. The number of hydrogen-bond donors (Lipinski definition) is 1. The Balaban J connectivity index is 2.00. The van der Waals surface area contributed by atoms with Crippen molar-refractivity contribution in [2.45, 2.75) is 19.9 Å². The normalized spacial score (nSPS) is 17.2. The average Bonchev–Trinajstić information content (AvgIpc) is 3.09. The van der Waals surface area contributed by atoms with Crippen LogP contribution in [0.3, 0.4) is 0 Å². The lowest BCUT2D eigenvalue weighted by atomic mass is 9.95. The maximum Gasteiger partial charge on any atom is 0.300 e. The van der Waals surface area contributed by atoms with Crippen LogP contribution in [0.1, 0.15) is 28.3 Å². The number of ether oxygens (including phenoxy) is 2. The molecule has 0 radical (unpaired) electrons. The van der Waals surface area contributed by atoms with Gasteiger partial charge in [0, 0.05) is 24.1 Å². The number of nitrogens with zero attached hydrogens (tertiary/aromatic N) is 2. The minimum Gasteiger partial charge on any atom is -0.507 e. The van der Waals surface area contributed by atoms with E-state index in [0.29, 0.717) is 17.0 Å². The fourth-order valence-electron chi connectivity index (χ4n) is 4.20. The van der Waals surface area contributed by atoms with Crippen LogP contribution >= 0.6 is 11.6 Å². The zero-order valence-corrected chi connectivity index (χ0v) is 19.9. The van der Waals surface area contributed by atoms with Crippen LogP contribution in [0, 0.1) is 13.8 Å². The molecule has 1 N–H and O–H groups in total. The number of aliphatic hydroxyl groups is 1. The number of ketones is 1. The summed E-state index contributed by atoms with van der Waals surface area (Å²) in [4.78, 5) is 32.2. The SMILES string of the molecule is COc1cc(OC)c(/C(O)=C2\C(=O)C(=O)N(c3ccc(C)cc3C)C2c2cccnc2)cc1Cl. The highest BCUT2D eigenvalue weighted by molar-refractivity contribution is 6.52. The van der Waals surface area contributed by atoms with E-state index in [9.17, 15) is 14.7 Å². The number of hydrogen-bond acceptors (Lipinski definition) is 6. The third kappa shape index (κ3) is 3.88. The van der Waals surface area contributed by atoms with Gasteiger partial charge in [-0.2, -0.15) is 0 Å². The van der Waals surface area contributed by atoms with Crippen LogP contribution in [0.2, 0.25) is 5.02 Å². The molecule has 1 aliphatic rings. The molecule has 1 aromatic heterocycles. The Morgan fingerprint density at radius 1 is 1.06 bits per heavy atom. The van der Waals surface area contributed by atoms with Gasteiger partial charge in [-0.25, -0.2) is 0 Å². The first-order valence-electron chi connectivity index (χ1n) is 10.5. The Kier molecular flexibility index (Phi) is 6.30. The number of carbonyl (C=O) groups is 2. The molecule has 1 saturated heterocycles. The highest BCUT2D eigenvalue weighted by atomic mass is 35.5. The molecular formula is C26H23ClN2O5. The Morgan fingerprint density at radius 3 is 2.41 bits per heavy atom. The number of rotatable bonds is 5. The Labute approximate surface area is 202 Å². The second kappa shape index (κ2) is 9.19. The molecule has 4 rings (SSSR count). The number of anilines is 1. The van der Waals surface area contributed by atoms with Crippen molar-refractivity contribution in [1.29, 1.82) is 0 Å². The van der Waals surface area contributed by atoms with E-state index in [-0.39, 0.29) is 21.9 Å². The molecule has 1 aliphatic heterocycles. The number of methoxy groups -OCH3 is 2. The predicted octanol–water partition coefficient (Wildman–Crippen LogP) is 5.00. The Morgan fingerprint density at radius 2 is 1.79 bits per heavy atom. The highest BCUT2D eigenvalue weighted by Crippen LogP contribution is 2.45. The summed E-state index contributed by atoms with van der Waals surface area (Å²) >= 11 is 6.30. The van der Waals surface area contributed by atoms with E-state index >= 15 is 0 Å². The zero-order valence-electron chi connectivity index (χ0n) is 19.1. The molecule has 2 heterocycles. The van der Waals surface area contributed by atoms with Gasteiger partial charge >= 0.3 is 0 Å². The number of carbonyl (C=O) groups excluding carboxylic acids is 2. The number of benzene rings is 2. The van der Waals surface area contributed by atoms with Crippen molar-refractivity contribution in [3.63, 3.8) is 0 Å². The standard InChI is InChI=1S/C26H23ClN2O5/c1-14-7-8-19(15(2)10-14)29-23(16-6-5-9-28-13-16)22(25(31)26(29)32)24(30)17-11-18(27)21(34-4)12-20(17)33-3/h5-13,23,30H,1-4H3/b24-22+. The van der Waals surface area contributed by atoms with E-state index in [2.05, 4.69) is 4.98 Å². The first-order chi connectivity index (χ1) is 16.3. The van der Waals surface area contributed by atoms with E-state index < -0.39 is 23.5 Å². The number of pyridine rings is 1. The summed E-state index contributed by atoms with van der Waals surface area (Å²) < 4.78 is 10.6. The topological polar surface area (TPSA) is 89.0 Å². The number of Topliss-reactive ketones (excluding diaryl/α,β-unsaturated/α-hetero) is 1. The van der Waals surface area contributed by atoms with Gasteiger partial charge in [0.05, 0.1) is 36.4 Å².